The van der Waals surface area contributed by atoms with E-state index in [2.05, 4.69) is 21.2 Å². The topological polar surface area (TPSA) is 56.1 Å². The molecule has 1 N–H and O–H groups in total. The van der Waals surface area contributed by atoms with Gasteiger partial charge in [-0.3, -0.25) is 4.79 Å². The number of fused-ring (bicyclic) bond motifs is 2. The van der Waals surface area contributed by atoms with Crippen LogP contribution in [0.3, 0.4) is 0 Å². The minimum Gasteiger partial charge on any atom is -0.493 e. The molecule has 1 amide bonds. The number of carbonyl (C=O) groups is 1. The molecule has 28 heavy (non-hydrogen) atoms. The van der Waals surface area contributed by atoms with E-state index in [0.717, 1.165) is 58.4 Å². The molecule has 3 aromatic rings. The number of aromatic nitrogens is 2. The van der Waals surface area contributed by atoms with Crippen molar-refractivity contribution in [2.45, 2.75) is 31.7 Å². The lowest BCUT2D eigenvalue weighted by Crippen LogP contribution is -2.33. The molecule has 142 valence electrons. The van der Waals surface area contributed by atoms with E-state index < -0.39 is 0 Å². The fourth-order valence-electron chi connectivity index (χ4n) is 4.14. The van der Waals surface area contributed by atoms with Crippen molar-refractivity contribution in [3.63, 3.8) is 0 Å². The second-order valence-corrected chi connectivity index (χ2v) is 8.14. The van der Waals surface area contributed by atoms with Gasteiger partial charge >= 0.3 is 0 Å². The summed E-state index contributed by atoms with van der Waals surface area (Å²) in [7, 11) is 0. The van der Waals surface area contributed by atoms with Gasteiger partial charge in [0.15, 0.2) is 5.69 Å². The third kappa shape index (κ3) is 3.02. The van der Waals surface area contributed by atoms with Gasteiger partial charge in [-0.1, -0.05) is 34.1 Å². The molecule has 0 fully saturated rings. The maximum atomic E-state index is 13.2. The summed E-state index contributed by atoms with van der Waals surface area (Å²) in [4.78, 5) is 13.2. The molecular weight excluding hydrogens is 418 g/mol. The van der Waals surface area contributed by atoms with Crippen LogP contribution < -0.4 is 10.1 Å². The van der Waals surface area contributed by atoms with E-state index in [1.165, 1.54) is 0 Å². The minimum absolute atomic E-state index is 0.0762. The molecule has 5 rings (SSSR count). The van der Waals surface area contributed by atoms with Gasteiger partial charge in [-0.15, -0.1) is 0 Å². The van der Waals surface area contributed by atoms with E-state index in [0.29, 0.717) is 12.3 Å². The van der Waals surface area contributed by atoms with Crippen molar-refractivity contribution < 1.29 is 9.53 Å². The van der Waals surface area contributed by atoms with Gasteiger partial charge in [0.2, 0.25) is 0 Å². The molecule has 1 aliphatic carbocycles. The largest absolute Gasteiger partial charge is 0.493 e. The van der Waals surface area contributed by atoms with Gasteiger partial charge < -0.3 is 10.1 Å². The van der Waals surface area contributed by atoms with Crippen molar-refractivity contribution in [3.05, 3.63) is 75.5 Å². The van der Waals surface area contributed by atoms with E-state index in [9.17, 15) is 4.79 Å². The van der Waals surface area contributed by atoms with E-state index in [4.69, 9.17) is 9.84 Å². The number of ether oxygens (including phenoxy) is 1. The standard InChI is InChI=1S/C22H20BrN3O2/c23-14-9-10-20-17(13-14)18(11-12-28-20)24-22(27)21-16-7-4-8-19(16)26(25-21)15-5-2-1-3-6-15/h1-3,5-6,9-10,13,18H,4,7-8,11-12H2,(H,24,27). The summed E-state index contributed by atoms with van der Waals surface area (Å²) in [6.07, 6.45) is 3.67. The third-order valence-corrected chi connectivity index (χ3v) is 5.96. The van der Waals surface area contributed by atoms with E-state index in [1.54, 1.807) is 0 Å². The normalized spacial score (nSPS) is 17.5. The van der Waals surface area contributed by atoms with Gasteiger partial charge in [0.05, 0.1) is 18.3 Å². The number of amides is 1. The van der Waals surface area contributed by atoms with Gasteiger partial charge in [0, 0.05) is 27.7 Å². The zero-order valence-corrected chi connectivity index (χ0v) is 16.9. The highest BCUT2D eigenvalue weighted by Crippen LogP contribution is 2.35. The maximum Gasteiger partial charge on any atom is 0.272 e. The third-order valence-electron chi connectivity index (χ3n) is 5.46. The Hall–Kier alpha value is -2.60. The van der Waals surface area contributed by atoms with Crippen LogP contribution in [0.1, 0.15) is 46.2 Å². The first kappa shape index (κ1) is 17.5. The molecule has 2 aliphatic rings. The number of para-hydroxylation sites is 1. The Morgan fingerprint density at radius 1 is 1.18 bits per heavy atom. The molecule has 6 heteroatoms. The maximum absolute atomic E-state index is 13.2. The number of hydrogen-bond acceptors (Lipinski definition) is 3. The summed E-state index contributed by atoms with van der Waals surface area (Å²) in [6.45, 7) is 0.593. The molecule has 0 saturated carbocycles. The lowest BCUT2D eigenvalue weighted by atomic mass is 10.0. The smallest absolute Gasteiger partial charge is 0.272 e. The number of benzene rings is 2. The molecule has 0 saturated heterocycles. The molecule has 1 unspecified atom stereocenters. The highest BCUT2D eigenvalue weighted by molar-refractivity contribution is 9.10. The SMILES string of the molecule is O=C(NC1CCOc2ccc(Br)cc21)c1nn(-c2ccccc2)c2c1CCC2. The Morgan fingerprint density at radius 3 is 2.89 bits per heavy atom. The Labute approximate surface area is 171 Å². The molecule has 0 bridgehead atoms. The summed E-state index contributed by atoms with van der Waals surface area (Å²) < 4.78 is 8.65. The fourth-order valence-corrected chi connectivity index (χ4v) is 4.52. The minimum atomic E-state index is -0.106. The van der Waals surface area contributed by atoms with E-state index >= 15 is 0 Å². The molecule has 5 nitrogen and oxygen atoms in total. The van der Waals surface area contributed by atoms with Crippen LogP contribution in [0.25, 0.3) is 5.69 Å². The second-order valence-electron chi connectivity index (χ2n) is 7.22. The van der Waals surface area contributed by atoms with Crippen molar-refractivity contribution in [1.29, 1.82) is 0 Å². The van der Waals surface area contributed by atoms with E-state index in [1.807, 2.05) is 53.2 Å². The van der Waals surface area contributed by atoms with Crippen molar-refractivity contribution in [2.24, 2.45) is 0 Å². The summed E-state index contributed by atoms with van der Waals surface area (Å²) in [5, 5.41) is 7.90. The Bertz CT molecular complexity index is 1050. The first-order valence-electron chi connectivity index (χ1n) is 9.60. The Kier molecular flexibility index (Phi) is 4.43. The fraction of sp³-hybridized carbons (Fsp3) is 0.273. The average Bonchev–Trinajstić information content (AvgIpc) is 3.32. The van der Waals surface area contributed by atoms with Crippen LogP contribution in [0.15, 0.2) is 53.0 Å². The van der Waals surface area contributed by atoms with Crippen LogP contribution in [0.2, 0.25) is 0 Å². The first-order chi connectivity index (χ1) is 13.7. The summed E-state index contributed by atoms with van der Waals surface area (Å²) in [6, 6.07) is 15.9. The second kappa shape index (κ2) is 7.09. The Morgan fingerprint density at radius 2 is 2.04 bits per heavy atom. The van der Waals surface area contributed by atoms with Gasteiger partial charge in [0.1, 0.15) is 5.75 Å². The number of carbonyl (C=O) groups excluding carboxylic acids is 1. The summed E-state index contributed by atoms with van der Waals surface area (Å²) in [5.74, 6) is 0.727. The van der Waals surface area contributed by atoms with Crippen molar-refractivity contribution in [3.8, 4) is 11.4 Å². The van der Waals surface area contributed by atoms with Gasteiger partial charge in [-0.25, -0.2) is 4.68 Å². The highest BCUT2D eigenvalue weighted by Gasteiger charge is 2.30. The van der Waals surface area contributed by atoms with Crippen LogP contribution in [0, 0.1) is 0 Å². The zero-order chi connectivity index (χ0) is 19.1. The van der Waals surface area contributed by atoms with Gasteiger partial charge in [-0.2, -0.15) is 5.10 Å². The molecule has 0 radical (unpaired) electrons. The first-order valence-corrected chi connectivity index (χ1v) is 10.4. The lowest BCUT2D eigenvalue weighted by Gasteiger charge is -2.26. The highest BCUT2D eigenvalue weighted by atomic mass is 79.9. The predicted molar refractivity (Wildman–Crippen MR) is 110 cm³/mol. The van der Waals surface area contributed by atoms with Crippen LogP contribution in [-0.4, -0.2) is 22.3 Å². The average molecular weight is 438 g/mol. The number of nitrogens with zero attached hydrogens (tertiary/aromatic N) is 2. The molecule has 1 aliphatic heterocycles. The van der Waals surface area contributed by atoms with Crippen molar-refractivity contribution in [1.82, 2.24) is 15.1 Å². The summed E-state index contributed by atoms with van der Waals surface area (Å²) in [5.41, 5.74) is 4.81. The van der Waals surface area contributed by atoms with Crippen LogP contribution in [0.4, 0.5) is 0 Å². The van der Waals surface area contributed by atoms with Crippen LogP contribution in [-0.2, 0) is 12.8 Å². The predicted octanol–water partition coefficient (Wildman–Crippen LogP) is 4.38. The monoisotopic (exact) mass is 437 g/mol. The van der Waals surface area contributed by atoms with Gasteiger partial charge in [0.25, 0.3) is 5.91 Å². The van der Waals surface area contributed by atoms with Crippen molar-refractivity contribution in [2.75, 3.05) is 6.61 Å². The zero-order valence-electron chi connectivity index (χ0n) is 15.3. The Balaban J connectivity index is 1.47. The van der Waals surface area contributed by atoms with Crippen LogP contribution >= 0.6 is 15.9 Å². The lowest BCUT2D eigenvalue weighted by molar-refractivity contribution is 0.0918. The molecule has 0 spiro atoms. The molecule has 1 aromatic heterocycles. The number of rotatable bonds is 3. The van der Waals surface area contributed by atoms with Gasteiger partial charge in [-0.05, 0) is 49.6 Å². The molecular formula is C22H20BrN3O2. The molecule has 1 atom stereocenters. The number of hydrogen-bond donors (Lipinski definition) is 1. The summed E-state index contributed by atoms with van der Waals surface area (Å²) >= 11 is 3.51. The van der Waals surface area contributed by atoms with E-state index in [-0.39, 0.29) is 11.9 Å². The molecule has 2 aromatic carbocycles. The number of halogens is 1. The van der Waals surface area contributed by atoms with Crippen LogP contribution in [0.5, 0.6) is 5.75 Å². The quantitative estimate of drug-likeness (QED) is 0.661. The number of nitrogens with one attached hydrogen (secondary N) is 1. The van der Waals surface area contributed by atoms with Crippen molar-refractivity contribution >= 4 is 21.8 Å². The molecule has 2 heterocycles.